The van der Waals surface area contributed by atoms with E-state index in [1.54, 1.807) is 0 Å². The molecular weight excluding hydrogens is 422 g/mol. The number of piperazine rings is 1. The summed E-state index contributed by atoms with van der Waals surface area (Å²) in [6, 6.07) is 12.0. The van der Waals surface area contributed by atoms with Crippen molar-refractivity contribution in [2.24, 2.45) is 0 Å². The summed E-state index contributed by atoms with van der Waals surface area (Å²) in [5, 5.41) is 3.41. The number of ether oxygens (including phenoxy) is 2. The Bertz CT molecular complexity index is 973. The first-order valence-electron chi connectivity index (χ1n) is 9.74. The number of nitrogens with one attached hydrogen (secondary N) is 1. The molecule has 0 aliphatic carbocycles. The van der Waals surface area contributed by atoms with Gasteiger partial charge in [0.1, 0.15) is 0 Å². The number of nitrogens with zero attached hydrogens (tertiary/aromatic N) is 2. The predicted molar refractivity (Wildman–Crippen MR) is 118 cm³/mol. The Hall–Kier alpha value is -3.10. The minimum Gasteiger partial charge on any atom is -0.465 e. The first kappa shape index (κ1) is 22.6. The average molecular weight is 446 g/mol. The van der Waals surface area contributed by atoms with Crippen molar-refractivity contribution in [1.82, 2.24) is 4.90 Å². The second-order valence-corrected chi connectivity index (χ2v) is 7.47. The molecule has 31 heavy (non-hydrogen) atoms. The standard InChI is InChI=1S/C22H24ClN3O5/c1-30-21(28)15-6-7-18(22(29)31-2)19(12-15)24-20(27)14-25-8-10-26(11-9-25)17-5-3-4-16(23)13-17/h3-7,12-13H,8-11,14H2,1-2H3,(H,24,27). The molecule has 0 unspecified atom stereocenters. The highest BCUT2D eigenvalue weighted by molar-refractivity contribution is 6.30. The van der Waals surface area contributed by atoms with Gasteiger partial charge in [0.2, 0.25) is 5.91 Å². The van der Waals surface area contributed by atoms with E-state index < -0.39 is 11.9 Å². The first-order chi connectivity index (χ1) is 14.9. The summed E-state index contributed by atoms with van der Waals surface area (Å²) in [5.74, 6) is -1.46. The highest BCUT2D eigenvalue weighted by atomic mass is 35.5. The number of halogens is 1. The van der Waals surface area contributed by atoms with E-state index in [1.807, 2.05) is 29.2 Å². The van der Waals surface area contributed by atoms with Gasteiger partial charge < -0.3 is 19.7 Å². The van der Waals surface area contributed by atoms with Crippen LogP contribution in [-0.2, 0) is 14.3 Å². The maximum absolute atomic E-state index is 12.6. The van der Waals surface area contributed by atoms with Gasteiger partial charge in [0, 0.05) is 36.9 Å². The zero-order valence-corrected chi connectivity index (χ0v) is 18.1. The van der Waals surface area contributed by atoms with Crippen molar-refractivity contribution in [1.29, 1.82) is 0 Å². The van der Waals surface area contributed by atoms with Crippen LogP contribution in [-0.4, -0.2) is 69.7 Å². The van der Waals surface area contributed by atoms with Crippen LogP contribution >= 0.6 is 11.6 Å². The number of anilines is 2. The fourth-order valence-electron chi connectivity index (χ4n) is 3.41. The van der Waals surface area contributed by atoms with Crippen LogP contribution in [0, 0.1) is 0 Å². The Morgan fingerprint density at radius 2 is 1.68 bits per heavy atom. The Balaban J connectivity index is 1.63. The molecule has 164 valence electrons. The number of methoxy groups -OCH3 is 2. The lowest BCUT2D eigenvalue weighted by Gasteiger charge is -2.35. The Morgan fingerprint density at radius 3 is 2.32 bits per heavy atom. The van der Waals surface area contributed by atoms with Crippen LogP contribution in [0.15, 0.2) is 42.5 Å². The molecule has 1 N–H and O–H groups in total. The van der Waals surface area contributed by atoms with Gasteiger partial charge in [-0.1, -0.05) is 17.7 Å². The summed E-state index contributed by atoms with van der Waals surface area (Å²) in [7, 11) is 2.51. The van der Waals surface area contributed by atoms with Crippen molar-refractivity contribution >= 4 is 40.8 Å². The molecule has 1 aliphatic heterocycles. The van der Waals surface area contributed by atoms with E-state index in [-0.39, 0.29) is 29.3 Å². The SMILES string of the molecule is COC(=O)c1ccc(C(=O)OC)c(NC(=O)CN2CCN(c3cccc(Cl)c3)CC2)c1. The zero-order chi connectivity index (χ0) is 22.4. The van der Waals surface area contributed by atoms with Crippen LogP contribution in [0.2, 0.25) is 5.02 Å². The molecule has 0 bridgehead atoms. The molecule has 1 fully saturated rings. The van der Waals surface area contributed by atoms with Gasteiger partial charge in [-0.25, -0.2) is 9.59 Å². The van der Waals surface area contributed by atoms with Crippen molar-refractivity contribution in [3.63, 3.8) is 0 Å². The van der Waals surface area contributed by atoms with E-state index in [4.69, 9.17) is 21.1 Å². The maximum atomic E-state index is 12.6. The van der Waals surface area contributed by atoms with Crippen LogP contribution in [0.1, 0.15) is 20.7 Å². The molecule has 1 aliphatic rings. The third-order valence-corrected chi connectivity index (χ3v) is 5.27. The van der Waals surface area contributed by atoms with E-state index in [0.717, 1.165) is 18.8 Å². The second-order valence-electron chi connectivity index (χ2n) is 7.03. The molecule has 2 aromatic carbocycles. The number of carbonyl (C=O) groups is 3. The molecule has 0 saturated carbocycles. The summed E-state index contributed by atoms with van der Waals surface area (Å²) < 4.78 is 9.47. The van der Waals surface area contributed by atoms with E-state index >= 15 is 0 Å². The van der Waals surface area contributed by atoms with Crippen molar-refractivity contribution in [2.45, 2.75) is 0 Å². The van der Waals surface area contributed by atoms with Crippen molar-refractivity contribution < 1.29 is 23.9 Å². The predicted octanol–water partition coefficient (Wildman–Crippen LogP) is 2.67. The highest BCUT2D eigenvalue weighted by Crippen LogP contribution is 2.22. The summed E-state index contributed by atoms with van der Waals surface area (Å²) in [5.41, 5.74) is 1.64. The summed E-state index contributed by atoms with van der Waals surface area (Å²) >= 11 is 6.07. The minimum absolute atomic E-state index is 0.159. The van der Waals surface area contributed by atoms with E-state index in [9.17, 15) is 14.4 Å². The lowest BCUT2D eigenvalue weighted by molar-refractivity contribution is -0.117. The number of hydrogen-bond donors (Lipinski definition) is 1. The first-order valence-corrected chi connectivity index (χ1v) is 10.1. The van der Waals surface area contributed by atoms with Gasteiger partial charge >= 0.3 is 11.9 Å². The Labute approximate surface area is 185 Å². The van der Waals surface area contributed by atoms with Crippen molar-refractivity contribution in [3.05, 3.63) is 58.6 Å². The molecule has 1 amide bonds. The van der Waals surface area contributed by atoms with Gasteiger partial charge in [-0.05, 0) is 36.4 Å². The zero-order valence-electron chi connectivity index (χ0n) is 17.4. The van der Waals surface area contributed by atoms with Crippen molar-refractivity contribution in [3.8, 4) is 0 Å². The summed E-state index contributed by atoms with van der Waals surface area (Å²) in [6.07, 6.45) is 0. The average Bonchev–Trinajstić information content (AvgIpc) is 2.78. The van der Waals surface area contributed by atoms with Crippen molar-refractivity contribution in [2.75, 3.05) is 57.2 Å². The smallest absolute Gasteiger partial charge is 0.339 e. The van der Waals surface area contributed by atoms with Gasteiger partial charge in [0.15, 0.2) is 0 Å². The lowest BCUT2D eigenvalue weighted by Crippen LogP contribution is -2.48. The van der Waals surface area contributed by atoms with E-state index in [2.05, 4.69) is 10.2 Å². The largest absolute Gasteiger partial charge is 0.465 e. The normalized spacial score (nSPS) is 14.1. The molecule has 8 nitrogen and oxygen atoms in total. The van der Waals surface area contributed by atoms with Crippen LogP contribution in [0.3, 0.4) is 0 Å². The highest BCUT2D eigenvalue weighted by Gasteiger charge is 2.21. The molecule has 1 heterocycles. The molecule has 0 spiro atoms. The number of benzene rings is 2. The van der Waals surface area contributed by atoms with Crippen LogP contribution in [0.25, 0.3) is 0 Å². The summed E-state index contributed by atoms with van der Waals surface area (Å²) in [4.78, 5) is 40.7. The molecule has 9 heteroatoms. The van der Waals surface area contributed by atoms with E-state index in [1.165, 1.54) is 32.4 Å². The number of rotatable bonds is 6. The van der Waals surface area contributed by atoms with Gasteiger partial charge in [-0.15, -0.1) is 0 Å². The number of esters is 2. The van der Waals surface area contributed by atoms with Crippen LogP contribution in [0.4, 0.5) is 11.4 Å². The van der Waals surface area contributed by atoms with Crippen LogP contribution < -0.4 is 10.2 Å². The van der Waals surface area contributed by atoms with Gasteiger partial charge in [-0.2, -0.15) is 0 Å². The van der Waals surface area contributed by atoms with Crippen LogP contribution in [0.5, 0.6) is 0 Å². The molecule has 2 aromatic rings. The lowest BCUT2D eigenvalue weighted by atomic mass is 10.1. The topological polar surface area (TPSA) is 88.2 Å². The molecule has 1 saturated heterocycles. The molecular formula is C22H24ClN3O5. The third-order valence-electron chi connectivity index (χ3n) is 5.03. The maximum Gasteiger partial charge on any atom is 0.339 e. The Kier molecular flexibility index (Phi) is 7.49. The molecule has 0 radical (unpaired) electrons. The second kappa shape index (κ2) is 10.3. The monoisotopic (exact) mass is 445 g/mol. The fourth-order valence-corrected chi connectivity index (χ4v) is 3.59. The molecule has 0 atom stereocenters. The van der Waals surface area contributed by atoms with E-state index in [0.29, 0.717) is 18.1 Å². The minimum atomic E-state index is -0.609. The number of amides is 1. The number of hydrogen-bond acceptors (Lipinski definition) is 7. The Morgan fingerprint density at radius 1 is 0.968 bits per heavy atom. The molecule has 0 aromatic heterocycles. The van der Waals surface area contributed by atoms with Gasteiger partial charge in [0.25, 0.3) is 0 Å². The number of carbonyl (C=O) groups excluding carboxylic acids is 3. The quantitative estimate of drug-likeness (QED) is 0.684. The fraction of sp³-hybridized carbons (Fsp3) is 0.318. The molecule has 3 rings (SSSR count). The summed E-state index contributed by atoms with van der Waals surface area (Å²) in [6.45, 7) is 3.09. The third kappa shape index (κ3) is 5.74. The van der Waals surface area contributed by atoms with Gasteiger partial charge in [0.05, 0.1) is 37.6 Å². The van der Waals surface area contributed by atoms with Gasteiger partial charge in [-0.3, -0.25) is 9.69 Å².